The van der Waals surface area contributed by atoms with Crippen LogP contribution in [0.5, 0.6) is 11.5 Å². The minimum absolute atomic E-state index is 0. The van der Waals surface area contributed by atoms with Gasteiger partial charge in [-0.25, -0.2) is 0 Å². The number of hydrogen-bond acceptors (Lipinski definition) is 4. The molecule has 0 spiro atoms. The smallest absolute Gasteiger partial charge is 0.157 e. The van der Waals surface area contributed by atoms with E-state index in [0.717, 1.165) is 37.7 Å². The Kier molecular flexibility index (Phi) is 7.07. The summed E-state index contributed by atoms with van der Waals surface area (Å²) in [5, 5.41) is 22.6. The van der Waals surface area contributed by atoms with E-state index in [4.69, 9.17) is 0 Å². The Labute approximate surface area is 138 Å². The number of halogens is 2. The van der Waals surface area contributed by atoms with Gasteiger partial charge in [0, 0.05) is 32.2 Å². The lowest BCUT2D eigenvalue weighted by atomic mass is 9.98. The molecule has 0 amide bonds. The van der Waals surface area contributed by atoms with E-state index in [2.05, 4.69) is 10.2 Å². The van der Waals surface area contributed by atoms with Gasteiger partial charge in [-0.1, -0.05) is 18.9 Å². The van der Waals surface area contributed by atoms with Crippen molar-refractivity contribution in [2.75, 3.05) is 26.2 Å². The van der Waals surface area contributed by atoms with Crippen molar-refractivity contribution in [1.82, 2.24) is 10.2 Å². The fraction of sp³-hybridized carbons (Fsp3) is 0.600. The largest absolute Gasteiger partial charge is 0.504 e. The van der Waals surface area contributed by atoms with E-state index in [9.17, 15) is 10.2 Å². The molecule has 4 nitrogen and oxygen atoms in total. The highest BCUT2D eigenvalue weighted by molar-refractivity contribution is 5.85. The maximum absolute atomic E-state index is 9.72. The van der Waals surface area contributed by atoms with Crippen molar-refractivity contribution in [2.45, 2.75) is 25.3 Å². The van der Waals surface area contributed by atoms with E-state index in [-0.39, 0.29) is 36.3 Å². The number of piperazine rings is 1. The highest BCUT2D eigenvalue weighted by Gasteiger charge is 2.30. The Morgan fingerprint density at radius 2 is 1.76 bits per heavy atom. The van der Waals surface area contributed by atoms with Gasteiger partial charge in [0.15, 0.2) is 11.5 Å². The molecule has 1 aromatic rings. The second-order valence-corrected chi connectivity index (χ2v) is 5.73. The van der Waals surface area contributed by atoms with Crippen molar-refractivity contribution in [2.24, 2.45) is 5.92 Å². The summed E-state index contributed by atoms with van der Waals surface area (Å²) in [6.45, 7) is 4.18. The number of rotatable bonds is 4. The Morgan fingerprint density at radius 3 is 2.33 bits per heavy atom. The molecule has 3 rings (SSSR count). The first kappa shape index (κ1) is 18.4. The van der Waals surface area contributed by atoms with E-state index in [1.807, 2.05) is 6.07 Å². The number of nitrogens with zero attached hydrogens (tertiary/aromatic N) is 1. The summed E-state index contributed by atoms with van der Waals surface area (Å²) >= 11 is 0. The molecule has 3 N–H and O–H groups in total. The summed E-state index contributed by atoms with van der Waals surface area (Å²) < 4.78 is 0. The standard InChI is InChI=1S/C15H22N2O2.2ClH/c18-14-4-3-12(10-15(14)19)13(9-11-1-2-11)17-7-5-16-6-8-17;;/h3-4,10-11,13,16,18-19H,1-2,5-9H2;2*1H/t13-;;/m1../s1. The zero-order valence-electron chi connectivity index (χ0n) is 12.0. The number of hydrogen-bond donors (Lipinski definition) is 3. The molecule has 0 radical (unpaired) electrons. The van der Waals surface area contributed by atoms with E-state index in [0.29, 0.717) is 6.04 Å². The SMILES string of the molecule is Cl.Cl.Oc1ccc([C@@H](CC2CC2)N2CCNCC2)cc1O. The number of phenolic OH excluding ortho intramolecular Hbond substituents is 2. The first-order valence-corrected chi connectivity index (χ1v) is 7.20. The van der Waals surface area contributed by atoms with Gasteiger partial charge in [0.2, 0.25) is 0 Å². The first-order chi connectivity index (χ1) is 9.24. The summed E-state index contributed by atoms with van der Waals surface area (Å²) in [5.74, 6) is 0.804. The molecule has 0 aromatic heterocycles. The summed E-state index contributed by atoms with van der Waals surface area (Å²) in [4.78, 5) is 2.50. The van der Waals surface area contributed by atoms with Crippen molar-refractivity contribution in [3.8, 4) is 11.5 Å². The summed E-state index contributed by atoms with van der Waals surface area (Å²) in [6.07, 6.45) is 3.85. The molecule has 1 saturated heterocycles. The normalized spacial score (nSPS) is 20.2. The van der Waals surface area contributed by atoms with Crippen LogP contribution in [0.15, 0.2) is 18.2 Å². The minimum atomic E-state index is -0.0331. The van der Waals surface area contributed by atoms with Gasteiger partial charge in [0.25, 0.3) is 0 Å². The zero-order chi connectivity index (χ0) is 13.2. The van der Waals surface area contributed by atoms with Gasteiger partial charge in [-0.3, -0.25) is 4.90 Å². The second kappa shape index (κ2) is 8.08. The van der Waals surface area contributed by atoms with Gasteiger partial charge in [0.05, 0.1) is 0 Å². The van der Waals surface area contributed by atoms with Gasteiger partial charge in [-0.15, -0.1) is 24.8 Å². The van der Waals surface area contributed by atoms with Crippen LogP contribution < -0.4 is 5.32 Å². The Hall–Kier alpha value is -0.680. The molecule has 1 atom stereocenters. The molecule has 1 aliphatic heterocycles. The molecule has 21 heavy (non-hydrogen) atoms. The van der Waals surface area contributed by atoms with E-state index in [1.54, 1.807) is 12.1 Å². The predicted molar refractivity (Wildman–Crippen MR) is 88.8 cm³/mol. The molecule has 1 aliphatic carbocycles. The lowest BCUT2D eigenvalue weighted by Gasteiger charge is -2.35. The van der Waals surface area contributed by atoms with Crippen molar-refractivity contribution in [1.29, 1.82) is 0 Å². The number of nitrogens with one attached hydrogen (secondary N) is 1. The van der Waals surface area contributed by atoms with Gasteiger partial charge < -0.3 is 15.5 Å². The quantitative estimate of drug-likeness (QED) is 0.741. The van der Waals surface area contributed by atoms with Crippen LogP contribution in [0.4, 0.5) is 0 Å². The molecule has 1 heterocycles. The van der Waals surface area contributed by atoms with Crippen molar-refractivity contribution in [3.63, 3.8) is 0 Å². The van der Waals surface area contributed by atoms with Crippen LogP contribution in [0.1, 0.15) is 30.9 Å². The molecular weight excluding hydrogens is 311 g/mol. The van der Waals surface area contributed by atoms with Crippen LogP contribution in [0, 0.1) is 5.92 Å². The molecule has 120 valence electrons. The van der Waals surface area contributed by atoms with Gasteiger partial charge in [-0.05, 0) is 30.0 Å². The fourth-order valence-electron chi connectivity index (χ4n) is 2.91. The highest BCUT2D eigenvalue weighted by atomic mass is 35.5. The van der Waals surface area contributed by atoms with Crippen LogP contribution in [0.2, 0.25) is 0 Å². The Bertz CT molecular complexity index is 449. The molecule has 2 aliphatic rings. The van der Waals surface area contributed by atoms with Crippen molar-refractivity contribution < 1.29 is 10.2 Å². The summed E-state index contributed by atoms with van der Waals surface area (Å²) in [6, 6.07) is 5.66. The predicted octanol–water partition coefficient (Wildman–Crippen LogP) is 2.69. The van der Waals surface area contributed by atoms with Crippen LogP contribution in [0.25, 0.3) is 0 Å². The van der Waals surface area contributed by atoms with Crippen molar-refractivity contribution >= 4 is 24.8 Å². The monoisotopic (exact) mass is 334 g/mol. The summed E-state index contributed by atoms with van der Waals surface area (Å²) in [5.41, 5.74) is 1.13. The molecular formula is C15H24Cl2N2O2. The molecule has 0 bridgehead atoms. The Morgan fingerprint density at radius 1 is 1.10 bits per heavy atom. The van der Waals surface area contributed by atoms with Gasteiger partial charge >= 0.3 is 0 Å². The lowest BCUT2D eigenvalue weighted by Crippen LogP contribution is -2.45. The number of aromatic hydroxyl groups is 2. The van der Waals surface area contributed by atoms with Gasteiger partial charge in [0.1, 0.15) is 0 Å². The van der Waals surface area contributed by atoms with Crippen LogP contribution in [-0.4, -0.2) is 41.3 Å². The molecule has 1 saturated carbocycles. The van der Waals surface area contributed by atoms with E-state index in [1.165, 1.54) is 19.3 Å². The zero-order valence-corrected chi connectivity index (χ0v) is 13.6. The van der Waals surface area contributed by atoms with E-state index >= 15 is 0 Å². The topological polar surface area (TPSA) is 55.7 Å². The molecule has 6 heteroatoms. The summed E-state index contributed by atoms with van der Waals surface area (Å²) in [7, 11) is 0. The van der Waals surface area contributed by atoms with Crippen molar-refractivity contribution in [3.05, 3.63) is 23.8 Å². The third-order valence-electron chi connectivity index (χ3n) is 4.23. The lowest BCUT2D eigenvalue weighted by molar-refractivity contribution is 0.160. The van der Waals surface area contributed by atoms with Crippen LogP contribution in [0.3, 0.4) is 0 Å². The third-order valence-corrected chi connectivity index (χ3v) is 4.23. The maximum Gasteiger partial charge on any atom is 0.157 e. The fourth-order valence-corrected chi connectivity index (χ4v) is 2.91. The average Bonchev–Trinajstić information content (AvgIpc) is 3.24. The third kappa shape index (κ3) is 4.65. The number of benzene rings is 1. The van der Waals surface area contributed by atoms with Crippen LogP contribution in [-0.2, 0) is 0 Å². The average molecular weight is 335 g/mol. The van der Waals surface area contributed by atoms with E-state index < -0.39 is 0 Å². The van der Waals surface area contributed by atoms with Gasteiger partial charge in [-0.2, -0.15) is 0 Å². The molecule has 0 unspecified atom stereocenters. The molecule has 2 fully saturated rings. The second-order valence-electron chi connectivity index (χ2n) is 5.73. The van der Waals surface area contributed by atoms with Crippen LogP contribution >= 0.6 is 24.8 Å². The maximum atomic E-state index is 9.72. The minimum Gasteiger partial charge on any atom is -0.504 e. The molecule has 1 aromatic carbocycles. The number of phenols is 2. The Balaban J connectivity index is 0.00000110. The first-order valence-electron chi connectivity index (χ1n) is 7.20. The highest BCUT2D eigenvalue weighted by Crippen LogP contribution is 2.41.